The fourth-order valence-electron chi connectivity index (χ4n) is 3.45. The molecule has 186 valence electrons. The second kappa shape index (κ2) is 12.6. The molecule has 1 heterocycles. The second-order valence-corrected chi connectivity index (χ2v) is 10.4. The van der Waals surface area contributed by atoms with E-state index in [1.54, 1.807) is 36.4 Å². The van der Waals surface area contributed by atoms with Gasteiger partial charge in [0.05, 0.1) is 33.1 Å². The van der Waals surface area contributed by atoms with Crippen molar-refractivity contribution < 1.29 is 9.59 Å². The number of rotatable bonds is 10. The van der Waals surface area contributed by atoms with Crippen LogP contribution in [0.25, 0.3) is 0 Å². The number of nitrogens with zero attached hydrogens (tertiary/aromatic N) is 3. The van der Waals surface area contributed by atoms with Gasteiger partial charge in [-0.3, -0.25) is 9.59 Å². The smallest absolute Gasteiger partial charge is 0.253 e. The maximum Gasteiger partial charge on any atom is 0.253 e. The number of nitrogens with one attached hydrogen (secondary N) is 2. The molecule has 0 aliphatic heterocycles. The molecular weight excluding hydrogens is 529 g/mol. The average Bonchev–Trinajstić information content (AvgIpc) is 3.21. The van der Waals surface area contributed by atoms with Crippen molar-refractivity contribution >= 4 is 64.1 Å². The van der Waals surface area contributed by atoms with Gasteiger partial charge in [-0.25, -0.2) is 0 Å². The summed E-state index contributed by atoms with van der Waals surface area (Å²) in [5.41, 5.74) is 0.885. The van der Waals surface area contributed by atoms with Crippen molar-refractivity contribution in [2.75, 3.05) is 11.1 Å². The minimum Gasteiger partial charge on any atom is -0.342 e. The molecule has 0 saturated carbocycles. The van der Waals surface area contributed by atoms with E-state index < -0.39 is 6.04 Å². The van der Waals surface area contributed by atoms with Crippen LogP contribution in [0.4, 0.5) is 5.69 Å². The summed E-state index contributed by atoms with van der Waals surface area (Å²) >= 11 is 19.6. The Labute approximate surface area is 223 Å². The molecule has 0 bridgehead atoms. The molecule has 3 rings (SSSR count). The Balaban J connectivity index is 1.75. The van der Waals surface area contributed by atoms with Crippen molar-refractivity contribution in [2.45, 2.75) is 44.9 Å². The van der Waals surface area contributed by atoms with Crippen LogP contribution in [0.15, 0.2) is 47.6 Å². The number of hydrogen-bond acceptors (Lipinski definition) is 5. The Kier molecular flexibility index (Phi) is 9.86. The van der Waals surface area contributed by atoms with Crippen LogP contribution < -0.4 is 10.6 Å². The number of carbonyl (C=O) groups is 2. The summed E-state index contributed by atoms with van der Waals surface area (Å²) in [6.07, 6.45) is 0.646. The molecule has 2 amide bonds. The summed E-state index contributed by atoms with van der Waals surface area (Å²) in [5, 5.41) is 16.3. The van der Waals surface area contributed by atoms with Gasteiger partial charge in [0.1, 0.15) is 0 Å². The van der Waals surface area contributed by atoms with Crippen molar-refractivity contribution in [3.63, 3.8) is 0 Å². The number of carbonyl (C=O) groups excluding carboxylic acids is 2. The highest BCUT2D eigenvalue weighted by molar-refractivity contribution is 7.99. The summed E-state index contributed by atoms with van der Waals surface area (Å²) in [7, 11) is 0. The zero-order chi connectivity index (χ0) is 25.5. The Morgan fingerprint density at radius 2 is 1.80 bits per heavy atom. The van der Waals surface area contributed by atoms with Gasteiger partial charge in [-0.15, -0.1) is 10.2 Å². The number of para-hydroxylation sites is 1. The fraction of sp³-hybridized carbons (Fsp3) is 0.333. The third kappa shape index (κ3) is 7.36. The fourth-order valence-corrected chi connectivity index (χ4v) is 4.94. The first kappa shape index (κ1) is 27.3. The molecule has 1 atom stereocenters. The van der Waals surface area contributed by atoms with Crippen molar-refractivity contribution in [3.8, 4) is 0 Å². The zero-order valence-electron chi connectivity index (χ0n) is 19.5. The van der Waals surface area contributed by atoms with E-state index in [2.05, 4.69) is 34.7 Å². The Hall–Kier alpha value is -2.26. The number of anilines is 1. The summed E-state index contributed by atoms with van der Waals surface area (Å²) in [4.78, 5) is 25.5. The minimum atomic E-state index is -0.395. The summed E-state index contributed by atoms with van der Waals surface area (Å²) in [5.74, 6) is 0.496. The first-order valence-electron chi connectivity index (χ1n) is 11.1. The molecule has 2 aromatic carbocycles. The van der Waals surface area contributed by atoms with Gasteiger partial charge < -0.3 is 15.2 Å². The Morgan fingerprint density at radius 3 is 2.46 bits per heavy atom. The lowest BCUT2D eigenvalue weighted by Crippen LogP contribution is -2.32. The van der Waals surface area contributed by atoms with Crippen molar-refractivity contribution in [2.24, 2.45) is 5.92 Å². The molecule has 2 N–H and O–H groups in total. The summed E-state index contributed by atoms with van der Waals surface area (Å²) in [6, 6.07) is 11.4. The highest BCUT2D eigenvalue weighted by atomic mass is 35.5. The minimum absolute atomic E-state index is 0.130. The molecule has 0 fully saturated rings. The predicted octanol–water partition coefficient (Wildman–Crippen LogP) is 6.51. The average molecular weight is 555 g/mol. The van der Waals surface area contributed by atoms with Crippen molar-refractivity contribution in [1.82, 2.24) is 20.1 Å². The zero-order valence-corrected chi connectivity index (χ0v) is 22.6. The van der Waals surface area contributed by atoms with Crippen LogP contribution in [-0.2, 0) is 11.3 Å². The number of thioether (sulfide) groups is 1. The van der Waals surface area contributed by atoms with Crippen LogP contribution in [0, 0.1) is 5.92 Å². The van der Waals surface area contributed by atoms with E-state index in [0.29, 0.717) is 45.2 Å². The van der Waals surface area contributed by atoms with Gasteiger partial charge in [-0.05, 0) is 49.6 Å². The normalized spacial score (nSPS) is 12.0. The van der Waals surface area contributed by atoms with E-state index in [-0.39, 0.29) is 28.5 Å². The van der Waals surface area contributed by atoms with E-state index in [1.165, 1.54) is 17.8 Å². The van der Waals surface area contributed by atoms with Crippen LogP contribution in [0.1, 0.15) is 49.4 Å². The molecule has 3 aromatic rings. The van der Waals surface area contributed by atoms with Crippen LogP contribution in [0.3, 0.4) is 0 Å². The quantitative estimate of drug-likeness (QED) is 0.279. The van der Waals surface area contributed by atoms with Crippen LogP contribution >= 0.6 is 46.6 Å². The van der Waals surface area contributed by atoms with Crippen molar-refractivity contribution in [1.29, 1.82) is 0 Å². The number of amides is 2. The number of benzene rings is 2. The second-order valence-electron chi connectivity index (χ2n) is 8.18. The summed E-state index contributed by atoms with van der Waals surface area (Å²) < 4.78 is 1.91. The third-order valence-electron chi connectivity index (χ3n) is 5.04. The molecule has 7 nitrogen and oxygen atoms in total. The van der Waals surface area contributed by atoms with E-state index in [0.717, 1.165) is 0 Å². The third-order valence-corrected chi connectivity index (χ3v) is 6.89. The molecule has 0 radical (unpaired) electrons. The standard InChI is InChI=1S/C24H26Cl3N5O2S/c1-4-32-22(20(11-14(2)3)29-23(34)16-10-9-15(25)12-18(16)27)30-31-24(32)35-13-21(33)28-19-8-6-5-7-17(19)26/h5-10,12,14,20H,4,11,13H2,1-3H3,(H,28,33)(H,29,34)/t20-/m0/s1. The van der Waals surface area contributed by atoms with Crippen LogP contribution in [-0.4, -0.2) is 32.3 Å². The van der Waals surface area contributed by atoms with Gasteiger partial charge in [-0.1, -0.05) is 72.5 Å². The topological polar surface area (TPSA) is 88.9 Å². The predicted molar refractivity (Wildman–Crippen MR) is 143 cm³/mol. The lowest BCUT2D eigenvalue weighted by molar-refractivity contribution is -0.113. The maximum atomic E-state index is 13.0. The first-order chi connectivity index (χ1) is 16.7. The Morgan fingerprint density at radius 1 is 1.06 bits per heavy atom. The van der Waals surface area contributed by atoms with Crippen LogP contribution in [0.2, 0.25) is 15.1 Å². The molecule has 0 saturated heterocycles. The van der Waals surface area contributed by atoms with Gasteiger partial charge in [0.25, 0.3) is 5.91 Å². The number of aromatic nitrogens is 3. The molecule has 1 aromatic heterocycles. The SMILES string of the molecule is CCn1c(SCC(=O)Nc2ccccc2Cl)nnc1[C@H](CC(C)C)NC(=O)c1ccc(Cl)cc1Cl. The van der Waals surface area contributed by atoms with Gasteiger partial charge >= 0.3 is 0 Å². The van der Waals surface area contributed by atoms with Gasteiger partial charge in [0.2, 0.25) is 5.91 Å². The molecule has 0 aliphatic carbocycles. The number of hydrogen-bond donors (Lipinski definition) is 2. The molecule has 0 spiro atoms. The lowest BCUT2D eigenvalue weighted by Gasteiger charge is -2.21. The van der Waals surface area contributed by atoms with Crippen LogP contribution in [0.5, 0.6) is 0 Å². The Bertz CT molecular complexity index is 1200. The van der Waals surface area contributed by atoms with Crippen molar-refractivity contribution in [3.05, 3.63) is 68.9 Å². The first-order valence-corrected chi connectivity index (χ1v) is 13.2. The number of halogens is 3. The molecule has 0 unspecified atom stereocenters. The van der Waals surface area contributed by atoms with E-state index in [4.69, 9.17) is 34.8 Å². The monoisotopic (exact) mass is 553 g/mol. The van der Waals surface area contributed by atoms with Gasteiger partial charge in [-0.2, -0.15) is 0 Å². The van der Waals surface area contributed by atoms with Gasteiger partial charge in [0, 0.05) is 11.6 Å². The van der Waals surface area contributed by atoms with Gasteiger partial charge in [0.15, 0.2) is 11.0 Å². The highest BCUT2D eigenvalue weighted by Crippen LogP contribution is 2.27. The maximum absolute atomic E-state index is 13.0. The largest absolute Gasteiger partial charge is 0.342 e. The molecule has 0 aliphatic rings. The highest BCUT2D eigenvalue weighted by Gasteiger charge is 2.25. The van der Waals surface area contributed by atoms with E-state index in [1.807, 2.05) is 11.5 Å². The molecule has 35 heavy (non-hydrogen) atoms. The van der Waals surface area contributed by atoms with E-state index >= 15 is 0 Å². The van der Waals surface area contributed by atoms with E-state index in [9.17, 15) is 9.59 Å². The molecular formula is C24H26Cl3N5O2S. The molecule has 11 heteroatoms. The summed E-state index contributed by atoms with van der Waals surface area (Å²) in [6.45, 7) is 6.67. The lowest BCUT2D eigenvalue weighted by atomic mass is 10.0.